The summed E-state index contributed by atoms with van der Waals surface area (Å²) in [5, 5.41) is 21.5. The van der Waals surface area contributed by atoms with Crippen LogP contribution in [0.5, 0.6) is 0 Å². The number of hydrogen-bond acceptors (Lipinski definition) is 9. The minimum atomic E-state index is 0.195. The fourth-order valence-electron chi connectivity index (χ4n) is 4.33. The molecule has 4 aromatic rings. The number of anilines is 3. The standard InChI is InChI=1S/C25H26Cl2N10/c1-36-10-6-15(7-11-36)24-34-22-13-20(18-4-3-17(26)12-19(18)27)32-25(37(22)35-24)31-9-8-30-21-5-2-16(14-28)23(29)33-21/h2-5,12-13,15H,6-11H2,1H3,(H,31,32)(H3,29,30,33). The molecule has 0 spiro atoms. The molecular weight excluding hydrogens is 511 g/mol. The zero-order chi connectivity index (χ0) is 25.9. The van der Waals surface area contributed by atoms with Crippen LogP contribution in [0, 0.1) is 11.3 Å². The van der Waals surface area contributed by atoms with Crippen molar-refractivity contribution in [3.05, 3.63) is 57.8 Å². The van der Waals surface area contributed by atoms with Gasteiger partial charge in [0.2, 0.25) is 5.95 Å². The number of nitrogens with zero attached hydrogens (tertiary/aromatic N) is 7. The smallest absolute Gasteiger partial charge is 0.226 e. The summed E-state index contributed by atoms with van der Waals surface area (Å²) in [5.41, 5.74) is 8.29. The molecule has 0 amide bonds. The van der Waals surface area contributed by atoms with Gasteiger partial charge in [-0.2, -0.15) is 9.78 Å². The third-order valence-corrected chi connectivity index (χ3v) is 6.94. The maximum absolute atomic E-state index is 9.03. The van der Waals surface area contributed by atoms with Crippen molar-refractivity contribution in [2.75, 3.05) is 49.6 Å². The van der Waals surface area contributed by atoms with Crippen molar-refractivity contribution < 1.29 is 0 Å². The number of pyridine rings is 1. The topological polar surface area (TPSA) is 133 Å². The third kappa shape index (κ3) is 5.54. The van der Waals surface area contributed by atoms with Crippen molar-refractivity contribution in [1.29, 1.82) is 5.26 Å². The molecule has 12 heteroatoms. The van der Waals surface area contributed by atoms with Crippen LogP contribution >= 0.6 is 23.2 Å². The van der Waals surface area contributed by atoms with Gasteiger partial charge in [-0.05, 0) is 63.3 Å². The molecule has 0 unspecified atom stereocenters. The first kappa shape index (κ1) is 25.0. The highest BCUT2D eigenvalue weighted by atomic mass is 35.5. The van der Waals surface area contributed by atoms with Gasteiger partial charge >= 0.3 is 0 Å². The number of rotatable bonds is 7. The molecule has 5 rings (SSSR count). The number of fused-ring (bicyclic) bond motifs is 1. The van der Waals surface area contributed by atoms with E-state index >= 15 is 0 Å². The Hall–Kier alpha value is -3.65. The van der Waals surface area contributed by atoms with Crippen molar-refractivity contribution >= 4 is 46.4 Å². The van der Waals surface area contributed by atoms with Gasteiger partial charge in [0.15, 0.2) is 11.5 Å². The molecule has 0 saturated carbocycles. The largest absolute Gasteiger partial charge is 0.383 e. The second-order valence-corrected chi connectivity index (χ2v) is 9.84. The average molecular weight is 537 g/mol. The molecule has 1 aromatic carbocycles. The van der Waals surface area contributed by atoms with Crippen LogP contribution in [-0.2, 0) is 0 Å². The molecule has 0 aliphatic carbocycles. The van der Waals surface area contributed by atoms with Crippen LogP contribution in [0.4, 0.5) is 17.6 Å². The first-order valence-electron chi connectivity index (χ1n) is 12.0. The quantitative estimate of drug-likeness (QED) is 0.296. The second kappa shape index (κ2) is 10.8. The molecule has 10 nitrogen and oxygen atoms in total. The first-order valence-corrected chi connectivity index (χ1v) is 12.7. The van der Waals surface area contributed by atoms with Crippen molar-refractivity contribution in [2.24, 2.45) is 0 Å². The monoisotopic (exact) mass is 536 g/mol. The van der Waals surface area contributed by atoms with Crippen LogP contribution in [0.1, 0.15) is 30.1 Å². The van der Waals surface area contributed by atoms with Gasteiger partial charge in [0, 0.05) is 35.7 Å². The molecule has 1 saturated heterocycles. The van der Waals surface area contributed by atoms with Gasteiger partial charge in [-0.1, -0.05) is 23.2 Å². The number of aromatic nitrogens is 5. The summed E-state index contributed by atoms with van der Waals surface area (Å²) in [4.78, 5) is 16.2. The van der Waals surface area contributed by atoms with Crippen LogP contribution in [0.15, 0.2) is 36.4 Å². The van der Waals surface area contributed by atoms with Crippen LogP contribution in [-0.4, -0.2) is 62.7 Å². The molecule has 3 aromatic heterocycles. The maximum Gasteiger partial charge on any atom is 0.226 e. The van der Waals surface area contributed by atoms with E-state index in [0.717, 1.165) is 37.3 Å². The van der Waals surface area contributed by atoms with Crippen LogP contribution < -0.4 is 16.4 Å². The van der Waals surface area contributed by atoms with Gasteiger partial charge in [-0.25, -0.2) is 15.0 Å². The third-order valence-electron chi connectivity index (χ3n) is 6.39. The second-order valence-electron chi connectivity index (χ2n) is 9.00. The highest BCUT2D eigenvalue weighted by Crippen LogP contribution is 2.32. The van der Waals surface area contributed by atoms with Crippen molar-refractivity contribution in [2.45, 2.75) is 18.8 Å². The van der Waals surface area contributed by atoms with Crippen molar-refractivity contribution in [3.63, 3.8) is 0 Å². The molecule has 190 valence electrons. The number of nitrogens with two attached hydrogens (primary N) is 1. The Labute approximate surface area is 224 Å². The van der Waals surface area contributed by atoms with Gasteiger partial charge in [0.1, 0.15) is 17.7 Å². The minimum Gasteiger partial charge on any atom is -0.383 e. The Morgan fingerprint density at radius 1 is 1.05 bits per heavy atom. The van der Waals surface area contributed by atoms with E-state index in [1.807, 2.05) is 18.2 Å². The highest BCUT2D eigenvalue weighted by molar-refractivity contribution is 6.36. The molecule has 37 heavy (non-hydrogen) atoms. The number of likely N-dealkylation sites (tertiary alicyclic amines) is 1. The van der Waals surface area contributed by atoms with Gasteiger partial charge in [-0.3, -0.25) is 0 Å². The number of hydrogen-bond donors (Lipinski definition) is 3. The first-order chi connectivity index (χ1) is 17.9. The fraction of sp³-hybridized carbons (Fsp3) is 0.320. The molecule has 1 aliphatic rings. The number of nitriles is 1. The van der Waals surface area contributed by atoms with Gasteiger partial charge < -0.3 is 21.3 Å². The normalized spacial score (nSPS) is 14.5. The van der Waals surface area contributed by atoms with E-state index in [1.54, 1.807) is 28.8 Å². The molecule has 4 N–H and O–H groups in total. The molecule has 1 aliphatic heterocycles. The molecular formula is C25H26Cl2N10. The van der Waals surface area contributed by atoms with Crippen LogP contribution in [0.25, 0.3) is 16.9 Å². The molecule has 0 bridgehead atoms. The van der Waals surface area contributed by atoms with E-state index < -0.39 is 0 Å². The molecule has 1 fully saturated rings. The summed E-state index contributed by atoms with van der Waals surface area (Å²) in [6.07, 6.45) is 2.04. The Morgan fingerprint density at radius 3 is 2.57 bits per heavy atom. The van der Waals surface area contributed by atoms with E-state index in [2.05, 4.69) is 27.6 Å². The summed E-state index contributed by atoms with van der Waals surface area (Å²) >= 11 is 12.6. The molecule has 0 radical (unpaired) electrons. The lowest BCUT2D eigenvalue weighted by Crippen LogP contribution is -2.29. The van der Waals surface area contributed by atoms with Crippen molar-refractivity contribution in [1.82, 2.24) is 29.5 Å². The number of piperidine rings is 1. The zero-order valence-electron chi connectivity index (χ0n) is 20.2. The van der Waals surface area contributed by atoms with Crippen molar-refractivity contribution in [3.8, 4) is 17.3 Å². The summed E-state index contributed by atoms with van der Waals surface area (Å²) in [6.45, 7) is 3.10. The lowest BCUT2D eigenvalue weighted by molar-refractivity contribution is 0.251. The lowest BCUT2D eigenvalue weighted by atomic mass is 9.97. The Balaban J connectivity index is 1.40. The summed E-state index contributed by atoms with van der Waals surface area (Å²) < 4.78 is 1.75. The predicted octanol–water partition coefficient (Wildman–Crippen LogP) is 4.28. The van der Waals surface area contributed by atoms with E-state index in [0.29, 0.717) is 57.7 Å². The molecule has 4 heterocycles. The van der Waals surface area contributed by atoms with E-state index in [9.17, 15) is 0 Å². The van der Waals surface area contributed by atoms with Gasteiger partial charge in [0.25, 0.3) is 0 Å². The zero-order valence-corrected chi connectivity index (χ0v) is 21.8. The summed E-state index contributed by atoms with van der Waals surface area (Å²) in [6, 6.07) is 12.6. The lowest BCUT2D eigenvalue weighted by Gasteiger charge is -2.26. The van der Waals surface area contributed by atoms with E-state index in [1.165, 1.54) is 0 Å². The van der Waals surface area contributed by atoms with Gasteiger partial charge in [0.05, 0.1) is 16.3 Å². The van der Waals surface area contributed by atoms with Crippen LogP contribution in [0.3, 0.4) is 0 Å². The minimum absolute atomic E-state index is 0.195. The predicted molar refractivity (Wildman–Crippen MR) is 146 cm³/mol. The molecule has 0 atom stereocenters. The number of nitrogen functional groups attached to an aromatic ring is 1. The Bertz CT molecular complexity index is 1470. The summed E-state index contributed by atoms with van der Waals surface area (Å²) in [5.74, 6) is 2.47. The Kier molecular flexibility index (Phi) is 7.28. The number of nitrogens with one attached hydrogen (secondary N) is 2. The number of benzene rings is 1. The van der Waals surface area contributed by atoms with E-state index in [-0.39, 0.29) is 5.82 Å². The fourth-order valence-corrected chi connectivity index (χ4v) is 4.83. The van der Waals surface area contributed by atoms with E-state index in [4.69, 9.17) is 49.3 Å². The highest BCUT2D eigenvalue weighted by Gasteiger charge is 2.23. The Morgan fingerprint density at radius 2 is 1.84 bits per heavy atom. The summed E-state index contributed by atoms with van der Waals surface area (Å²) in [7, 11) is 2.14. The maximum atomic E-state index is 9.03. The number of halogens is 2. The van der Waals surface area contributed by atoms with Gasteiger partial charge in [-0.15, -0.1) is 5.10 Å². The SMILES string of the molecule is CN1CCC(c2nc3cc(-c4ccc(Cl)cc4Cl)nc(NCCNc4ccc(C#N)c(N)n4)n3n2)CC1. The average Bonchev–Trinajstić information content (AvgIpc) is 3.31. The van der Waals surface area contributed by atoms with Crippen LogP contribution in [0.2, 0.25) is 10.0 Å².